The van der Waals surface area contributed by atoms with Gasteiger partial charge in [0.2, 0.25) is 0 Å². The van der Waals surface area contributed by atoms with Crippen molar-refractivity contribution in [1.29, 1.82) is 0 Å². The van der Waals surface area contributed by atoms with Crippen molar-refractivity contribution in [2.75, 3.05) is 13.6 Å². The summed E-state index contributed by atoms with van der Waals surface area (Å²) < 4.78 is 0. The van der Waals surface area contributed by atoms with E-state index in [0.717, 1.165) is 6.42 Å². The first kappa shape index (κ1) is 8.30. The van der Waals surface area contributed by atoms with E-state index in [1.54, 1.807) is 5.06 Å². The van der Waals surface area contributed by atoms with Gasteiger partial charge >= 0.3 is 0 Å². The molecule has 1 rings (SSSR count). The lowest BCUT2D eigenvalue weighted by Crippen LogP contribution is -2.11. The van der Waals surface area contributed by atoms with Gasteiger partial charge in [-0.15, -0.1) is 0 Å². The highest BCUT2D eigenvalue weighted by molar-refractivity contribution is 5.04. The molecule has 0 saturated heterocycles. The second-order valence-electron chi connectivity index (χ2n) is 2.46. The van der Waals surface area contributed by atoms with Crippen molar-refractivity contribution < 1.29 is 4.84 Å². The Morgan fingerprint density at radius 1 is 1.73 bits per heavy atom. The van der Waals surface area contributed by atoms with E-state index >= 15 is 0 Å². The van der Waals surface area contributed by atoms with Crippen LogP contribution in [0.2, 0.25) is 0 Å². The van der Waals surface area contributed by atoms with E-state index in [2.05, 4.69) is 0 Å². The van der Waals surface area contributed by atoms with Gasteiger partial charge in [-0.05, 0) is 19.0 Å². The predicted octanol–water partition coefficient (Wildman–Crippen LogP) is 0.651. The highest BCUT2D eigenvalue weighted by Gasteiger charge is 2.08. The Labute approximate surface area is 67.1 Å². The van der Waals surface area contributed by atoms with Gasteiger partial charge in [0.15, 0.2) is 0 Å². The van der Waals surface area contributed by atoms with Gasteiger partial charge < -0.3 is 5.73 Å². The maximum atomic E-state index is 5.32. The average molecular weight is 154 g/mol. The molecule has 0 saturated carbocycles. The van der Waals surface area contributed by atoms with Crippen LogP contribution in [0.5, 0.6) is 0 Å². The molecule has 1 aliphatic rings. The molecular weight excluding hydrogens is 140 g/mol. The van der Waals surface area contributed by atoms with Crippen LogP contribution >= 0.6 is 0 Å². The van der Waals surface area contributed by atoms with Gasteiger partial charge in [0.05, 0.1) is 0 Å². The summed E-state index contributed by atoms with van der Waals surface area (Å²) in [6, 6.07) is 0. The summed E-state index contributed by atoms with van der Waals surface area (Å²) in [6.07, 6.45) is 8.95. The molecule has 0 fully saturated rings. The standard InChI is InChI=1S/C8H14N2O/c1-10-7-5-8(11-10)4-2-3-6-9/h2,4-5,7-8H,3,6,9H2,1H3. The molecule has 0 aliphatic carbocycles. The van der Waals surface area contributed by atoms with Crippen LogP contribution in [0.15, 0.2) is 24.4 Å². The maximum Gasteiger partial charge on any atom is 0.124 e. The SMILES string of the molecule is CN1C=CC(C=CCCN)O1. The van der Waals surface area contributed by atoms with Gasteiger partial charge in [0.25, 0.3) is 0 Å². The van der Waals surface area contributed by atoms with Gasteiger partial charge in [-0.3, -0.25) is 9.90 Å². The van der Waals surface area contributed by atoms with E-state index in [4.69, 9.17) is 10.6 Å². The zero-order valence-electron chi connectivity index (χ0n) is 6.73. The molecule has 0 aromatic heterocycles. The second kappa shape index (κ2) is 4.16. The fraction of sp³-hybridized carbons (Fsp3) is 0.500. The number of nitrogens with two attached hydrogens (primary N) is 1. The first-order chi connectivity index (χ1) is 5.33. The molecule has 0 aromatic rings. The topological polar surface area (TPSA) is 38.5 Å². The fourth-order valence-corrected chi connectivity index (χ4v) is 0.894. The summed E-state index contributed by atoms with van der Waals surface area (Å²) >= 11 is 0. The van der Waals surface area contributed by atoms with Crippen LogP contribution in [0.1, 0.15) is 6.42 Å². The molecule has 0 aromatic carbocycles. The van der Waals surface area contributed by atoms with Crippen LogP contribution in [0.4, 0.5) is 0 Å². The molecule has 0 spiro atoms. The van der Waals surface area contributed by atoms with Gasteiger partial charge in [-0.1, -0.05) is 12.2 Å². The van der Waals surface area contributed by atoms with Gasteiger partial charge in [0.1, 0.15) is 6.10 Å². The van der Waals surface area contributed by atoms with Gasteiger partial charge in [0, 0.05) is 13.2 Å². The third-order valence-corrected chi connectivity index (χ3v) is 1.43. The smallest absolute Gasteiger partial charge is 0.124 e. The largest absolute Gasteiger partial charge is 0.330 e. The minimum Gasteiger partial charge on any atom is -0.330 e. The Kier molecular flexibility index (Phi) is 3.14. The Morgan fingerprint density at radius 2 is 2.55 bits per heavy atom. The van der Waals surface area contributed by atoms with E-state index in [0.29, 0.717) is 6.54 Å². The number of nitrogens with zero attached hydrogens (tertiary/aromatic N) is 1. The summed E-state index contributed by atoms with van der Waals surface area (Å²) in [6.45, 7) is 0.697. The normalized spacial score (nSPS) is 23.8. The molecule has 11 heavy (non-hydrogen) atoms. The zero-order valence-corrected chi connectivity index (χ0v) is 6.73. The predicted molar refractivity (Wildman–Crippen MR) is 44.6 cm³/mol. The minimum atomic E-state index is 0.103. The number of rotatable bonds is 3. The number of hydroxylamine groups is 2. The van der Waals surface area contributed by atoms with E-state index in [9.17, 15) is 0 Å². The molecule has 3 nitrogen and oxygen atoms in total. The Morgan fingerprint density at radius 3 is 3.09 bits per heavy atom. The van der Waals surface area contributed by atoms with E-state index < -0.39 is 0 Å². The molecule has 0 radical (unpaired) electrons. The molecule has 1 aliphatic heterocycles. The minimum absolute atomic E-state index is 0.103. The molecular formula is C8H14N2O. The molecule has 2 N–H and O–H groups in total. The lowest BCUT2D eigenvalue weighted by Gasteiger charge is -2.08. The lowest BCUT2D eigenvalue weighted by atomic mass is 10.3. The van der Waals surface area contributed by atoms with Crippen molar-refractivity contribution in [3.8, 4) is 0 Å². The average Bonchev–Trinajstić information content (AvgIpc) is 2.37. The molecule has 3 heteroatoms. The van der Waals surface area contributed by atoms with Crippen molar-refractivity contribution in [2.45, 2.75) is 12.5 Å². The summed E-state index contributed by atoms with van der Waals surface area (Å²) in [4.78, 5) is 5.30. The van der Waals surface area contributed by atoms with Crippen LogP contribution in [-0.4, -0.2) is 24.8 Å². The quantitative estimate of drug-likeness (QED) is 0.607. The van der Waals surface area contributed by atoms with E-state index in [1.807, 2.05) is 31.5 Å². The van der Waals surface area contributed by atoms with Crippen molar-refractivity contribution >= 4 is 0 Å². The summed E-state index contributed by atoms with van der Waals surface area (Å²) in [5.74, 6) is 0. The van der Waals surface area contributed by atoms with Crippen LogP contribution in [-0.2, 0) is 4.84 Å². The van der Waals surface area contributed by atoms with Gasteiger partial charge in [-0.25, -0.2) is 0 Å². The first-order valence-electron chi connectivity index (χ1n) is 3.77. The van der Waals surface area contributed by atoms with Crippen LogP contribution < -0.4 is 5.73 Å². The Hall–Kier alpha value is -0.800. The molecule has 1 atom stereocenters. The maximum absolute atomic E-state index is 5.32. The summed E-state index contributed by atoms with van der Waals surface area (Å²) in [5, 5.41) is 1.69. The van der Waals surface area contributed by atoms with Crippen molar-refractivity contribution in [3.05, 3.63) is 24.4 Å². The monoisotopic (exact) mass is 154 g/mol. The van der Waals surface area contributed by atoms with Crippen LogP contribution in [0, 0.1) is 0 Å². The first-order valence-corrected chi connectivity index (χ1v) is 3.77. The number of hydrogen-bond donors (Lipinski definition) is 1. The molecule has 0 bridgehead atoms. The molecule has 0 amide bonds. The fourth-order valence-electron chi connectivity index (χ4n) is 0.894. The Bertz CT molecular complexity index is 165. The number of hydrogen-bond acceptors (Lipinski definition) is 3. The second-order valence-corrected chi connectivity index (χ2v) is 2.46. The van der Waals surface area contributed by atoms with Crippen LogP contribution in [0.3, 0.4) is 0 Å². The molecule has 62 valence electrons. The Balaban J connectivity index is 2.23. The van der Waals surface area contributed by atoms with Crippen LogP contribution in [0.25, 0.3) is 0 Å². The summed E-state index contributed by atoms with van der Waals surface area (Å²) in [5.41, 5.74) is 5.32. The van der Waals surface area contributed by atoms with Crippen molar-refractivity contribution in [3.63, 3.8) is 0 Å². The zero-order chi connectivity index (χ0) is 8.10. The highest BCUT2D eigenvalue weighted by atomic mass is 16.7. The molecule has 1 heterocycles. The van der Waals surface area contributed by atoms with Crippen molar-refractivity contribution in [1.82, 2.24) is 5.06 Å². The van der Waals surface area contributed by atoms with E-state index in [-0.39, 0.29) is 6.10 Å². The van der Waals surface area contributed by atoms with Crippen molar-refractivity contribution in [2.24, 2.45) is 5.73 Å². The van der Waals surface area contributed by atoms with E-state index in [1.165, 1.54) is 0 Å². The van der Waals surface area contributed by atoms with Gasteiger partial charge in [-0.2, -0.15) is 0 Å². The third-order valence-electron chi connectivity index (χ3n) is 1.43. The lowest BCUT2D eigenvalue weighted by molar-refractivity contribution is -0.0941. The summed E-state index contributed by atoms with van der Waals surface area (Å²) in [7, 11) is 1.87. The highest BCUT2D eigenvalue weighted by Crippen LogP contribution is 2.08. The molecule has 1 unspecified atom stereocenters. The third kappa shape index (κ3) is 2.74.